The summed E-state index contributed by atoms with van der Waals surface area (Å²) in [7, 11) is 0. The van der Waals surface area contributed by atoms with Crippen molar-refractivity contribution in [2.45, 2.75) is 38.7 Å². The Bertz CT molecular complexity index is 1180. The van der Waals surface area contributed by atoms with E-state index in [-0.39, 0.29) is 6.10 Å². The van der Waals surface area contributed by atoms with E-state index < -0.39 is 12.3 Å². The van der Waals surface area contributed by atoms with Crippen molar-refractivity contribution in [1.82, 2.24) is 14.8 Å². The minimum absolute atomic E-state index is 0.114. The van der Waals surface area contributed by atoms with E-state index in [2.05, 4.69) is 19.9 Å². The molecule has 0 radical (unpaired) electrons. The molecule has 1 fully saturated rings. The fourth-order valence-corrected chi connectivity index (χ4v) is 5.64. The number of benzene rings is 2. The van der Waals surface area contributed by atoms with Crippen LogP contribution < -0.4 is 4.74 Å². The van der Waals surface area contributed by atoms with Crippen molar-refractivity contribution >= 4 is 38.9 Å². The molecule has 3 aromatic rings. The second kappa shape index (κ2) is 10.2. The lowest BCUT2D eigenvalue weighted by molar-refractivity contribution is -0.0732. The van der Waals surface area contributed by atoms with Gasteiger partial charge in [0.2, 0.25) is 0 Å². The number of ether oxygens (including phenoxy) is 1. The van der Waals surface area contributed by atoms with Crippen LogP contribution in [0.3, 0.4) is 0 Å². The van der Waals surface area contributed by atoms with E-state index in [1.807, 2.05) is 49.4 Å². The van der Waals surface area contributed by atoms with E-state index in [0.29, 0.717) is 5.02 Å². The number of aliphatic hydroxyl groups is 1. The third-order valence-corrected chi connectivity index (χ3v) is 7.59. The van der Waals surface area contributed by atoms with Crippen molar-refractivity contribution < 1.29 is 14.7 Å². The summed E-state index contributed by atoms with van der Waals surface area (Å²) in [6.07, 6.45) is -0.390. The Balaban J connectivity index is 1.15. The van der Waals surface area contributed by atoms with Crippen molar-refractivity contribution in [2.24, 2.45) is 5.16 Å². The molecule has 1 aromatic heterocycles. The van der Waals surface area contributed by atoms with Gasteiger partial charge in [0, 0.05) is 55.8 Å². The Morgan fingerprint density at radius 1 is 1.21 bits per heavy atom. The van der Waals surface area contributed by atoms with E-state index in [1.54, 1.807) is 18.3 Å². The van der Waals surface area contributed by atoms with E-state index in [4.69, 9.17) is 21.2 Å². The van der Waals surface area contributed by atoms with Crippen LogP contribution in [-0.2, 0) is 4.84 Å². The summed E-state index contributed by atoms with van der Waals surface area (Å²) in [5, 5.41) is 16.5. The molecule has 1 N–H and O–H groups in total. The van der Waals surface area contributed by atoms with Crippen molar-refractivity contribution in [2.75, 3.05) is 32.7 Å². The summed E-state index contributed by atoms with van der Waals surface area (Å²) in [6, 6.07) is 13.7. The molecule has 9 heteroatoms. The lowest BCUT2D eigenvalue weighted by Gasteiger charge is -2.40. The predicted octanol–water partition coefficient (Wildman–Crippen LogP) is 4.48. The number of nitrogens with zero attached hydrogens (tertiary/aromatic N) is 4. The summed E-state index contributed by atoms with van der Waals surface area (Å²) in [5.41, 5.74) is 2.95. The number of aromatic nitrogens is 1. The van der Waals surface area contributed by atoms with Gasteiger partial charge in [-0.2, -0.15) is 0 Å². The van der Waals surface area contributed by atoms with Crippen LogP contribution in [0.4, 0.5) is 0 Å². The number of oxime groups is 1. The van der Waals surface area contributed by atoms with Gasteiger partial charge in [0.1, 0.15) is 11.9 Å². The lowest BCUT2D eigenvalue weighted by atomic mass is 10.0. The average molecular weight is 501 g/mol. The molecule has 3 atom stereocenters. The monoisotopic (exact) mass is 500 g/mol. The maximum Gasteiger partial charge on any atom is 0.178 e. The first-order valence-electron chi connectivity index (χ1n) is 11.6. The number of aliphatic hydroxyl groups excluding tert-OH is 1. The van der Waals surface area contributed by atoms with Gasteiger partial charge in [0.25, 0.3) is 0 Å². The number of rotatable bonds is 7. The third kappa shape index (κ3) is 5.21. The highest BCUT2D eigenvalue weighted by Gasteiger charge is 2.31. The first-order valence-corrected chi connectivity index (χ1v) is 12.8. The number of aryl methyl sites for hydroxylation is 1. The molecular weight excluding hydrogens is 472 g/mol. The number of piperazine rings is 1. The van der Waals surface area contributed by atoms with Crippen LogP contribution in [0.15, 0.2) is 47.6 Å². The molecule has 0 aliphatic carbocycles. The van der Waals surface area contributed by atoms with Crippen molar-refractivity contribution in [1.29, 1.82) is 0 Å². The maximum absolute atomic E-state index is 10.5. The van der Waals surface area contributed by atoms with Gasteiger partial charge in [-0.25, -0.2) is 4.98 Å². The van der Waals surface area contributed by atoms with Crippen LogP contribution in [0, 0.1) is 6.92 Å². The van der Waals surface area contributed by atoms with Gasteiger partial charge >= 0.3 is 0 Å². The van der Waals surface area contributed by atoms with Crippen molar-refractivity contribution in [3.63, 3.8) is 0 Å². The van der Waals surface area contributed by atoms with Crippen LogP contribution in [0.1, 0.15) is 30.0 Å². The molecule has 0 bridgehead atoms. The number of thiazole rings is 1. The zero-order valence-corrected chi connectivity index (χ0v) is 20.9. The number of hydrogen-bond acceptors (Lipinski definition) is 8. The van der Waals surface area contributed by atoms with E-state index in [1.165, 1.54) is 0 Å². The topological polar surface area (TPSA) is 70.4 Å². The molecule has 2 aliphatic rings. The minimum atomic E-state index is -0.622. The summed E-state index contributed by atoms with van der Waals surface area (Å²) in [6.45, 7) is 7.89. The molecule has 34 heavy (non-hydrogen) atoms. The van der Waals surface area contributed by atoms with E-state index in [9.17, 15) is 5.11 Å². The summed E-state index contributed by atoms with van der Waals surface area (Å²) < 4.78 is 7.38. The summed E-state index contributed by atoms with van der Waals surface area (Å²) >= 11 is 7.99. The predicted molar refractivity (Wildman–Crippen MR) is 136 cm³/mol. The Kier molecular flexibility index (Phi) is 7.04. The Labute approximate surface area is 208 Å². The molecule has 0 saturated carbocycles. The largest absolute Gasteiger partial charge is 0.472 e. The van der Waals surface area contributed by atoms with Crippen molar-refractivity contribution in [3.05, 3.63) is 58.1 Å². The van der Waals surface area contributed by atoms with Crippen LogP contribution in [0.5, 0.6) is 5.75 Å². The zero-order valence-electron chi connectivity index (χ0n) is 19.4. The Morgan fingerprint density at radius 2 is 2.00 bits per heavy atom. The zero-order chi connectivity index (χ0) is 23.7. The molecule has 2 aromatic carbocycles. The number of halogens is 1. The summed E-state index contributed by atoms with van der Waals surface area (Å²) in [5.74, 6) is 0.731. The van der Waals surface area contributed by atoms with Crippen molar-refractivity contribution in [3.8, 4) is 5.75 Å². The van der Waals surface area contributed by atoms with Gasteiger partial charge in [-0.3, -0.25) is 9.80 Å². The molecule has 5 rings (SSSR count). The third-order valence-electron chi connectivity index (χ3n) is 6.29. The molecule has 180 valence electrons. The molecule has 3 heterocycles. The van der Waals surface area contributed by atoms with Crippen LogP contribution in [0.2, 0.25) is 5.02 Å². The lowest BCUT2D eigenvalue weighted by Crippen LogP contribution is -2.55. The fourth-order valence-electron chi connectivity index (χ4n) is 4.57. The van der Waals surface area contributed by atoms with Gasteiger partial charge in [-0.1, -0.05) is 35.0 Å². The second-order valence-corrected chi connectivity index (χ2v) is 10.5. The first-order chi connectivity index (χ1) is 16.5. The highest BCUT2D eigenvalue weighted by Crippen LogP contribution is 2.32. The number of hydrogen-bond donors (Lipinski definition) is 1. The maximum atomic E-state index is 10.5. The smallest absolute Gasteiger partial charge is 0.178 e. The molecule has 1 saturated heterocycles. The van der Waals surface area contributed by atoms with Gasteiger partial charge in [-0.05, 0) is 32.0 Å². The SMILES string of the molecule is Cc1nc2cc(OC([C@@H](C)O)N3CCN(CC4=NOC(c5ccccc5Cl)C4)CC3)ccc2s1. The highest BCUT2D eigenvalue weighted by molar-refractivity contribution is 7.18. The quantitative estimate of drug-likeness (QED) is 0.516. The molecule has 0 amide bonds. The van der Waals surface area contributed by atoms with Gasteiger partial charge < -0.3 is 14.7 Å². The highest BCUT2D eigenvalue weighted by atomic mass is 35.5. The second-order valence-electron chi connectivity index (χ2n) is 8.90. The fraction of sp³-hybridized carbons (Fsp3) is 0.440. The molecular formula is C25H29ClN4O3S. The van der Waals surface area contributed by atoms with E-state index in [0.717, 1.165) is 71.4 Å². The molecule has 0 spiro atoms. The van der Waals surface area contributed by atoms with Crippen LogP contribution >= 0.6 is 22.9 Å². The summed E-state index contributed by atoms with van der Waals surface area (Å²) in [4.78, 5) is 14.8. The van der Waals surface area contributed by atoms with Gasteiger partial charge in [0.05, 0.1) is 20.9 Å². The normalized spacial score (nSPS) is 21.3. The number of fused-ring (bicyclic) bond motifs is 1. The van der Waals surface area contributed by atoms with Gasteiger partial charge in [0.15, 0.2) is 12.3 Å². The Morgan fingerprint density at radius 3 is 2.76 bits per heavy atom. The average Bonchev–Trinajstić information content (AvgIpc) is 3.43. The molecule has 2 unspecified atom stereocenters. The van der Waals surface area contributed by atoms with E-state index >= 15 is 0 Å². The van der Waals surface area contributed by atoms with Gasteiger partial charge in [-0.15, -0.1) is 11.3 Å². The molecule has 2 aliphatic heterocycles. The minimum Gasteiger partial charge on any atom is -0.472 e. The first kappa shape index (κ1) is 23.5. The Hall–Kier alpha value is -2.23. The van der Waals surface area contributed by atoms with Crippen LogP contribution in [0.25, 0.3) is 10.2 Å². The standard InChI is InChI=1S/C25H29ClN4O3S/c1-16(31)25(32-19-7-8-24-22(14-19)27-17(2)34-24)30-11-9-29(10-12-30)15-18-13-23(33-28-18)20-5-3-4-6-21(20)26/h3-8,14,16,23,25,31H,9-13,15H2,1-2H3/t16-,23?,25?/m1/s1. The van der Waals surface area contributed by atoms with Crippen LogP contribution in [-0.4, -0.2) is 70.7 Å². The molecule has 7 nitrogen and oxygen atoms in total.